The zero-order valence-corrected chi connectivity index (χ0v) is 18.0. The molecule has 3 rings (SSSR count). The van der Waals surface area contributed by atoms with E-state index in [1.54, 1.807) is 41.3 Å². The number of ether oxygens (including phenoxy) is 5. The van der Waals surface area contributed by atoms with Crippen LogP contribution in [0.15, 0.2) is 42.5 Å². The van der Waals surface area contributed by atoms with Crippen molar-refractivity contribution in [3.05, 3.63) is 59.2 Å². The SMILES string of the molecule is COC(=O)c1ccc(COC(=O)c2ccc(OCC(=O)N3CCOCC3)c(OC)c2)cc1. The van der Waals surface area contributed by atoms with E-state index in [1.165, 1.54) is 20.3 Å². The fraction of sp³-hybridized carbons (Fsp3) is 0.348. The molecule has 1 heterocycles. The van der Waals surface area contributed by atoms with Crippen LogP contribution in [0.5, 0.6) is 11.5 Å². The van der Waals surface area contributed by atoms with Crippen molar-refractivity contribution in [2.75, 3.05) is 47.1 Å². The summed E-state index contributed by atoms with van der Waals surface area (Å²) < 4.78 is 26.1. The van der Waals surface area contributed by atoms with Crippen molar-refractivity contribution in [2.45, 2.75) is 6.61 Å². The number of methoxy groups -OCH3 is 2. The topological polar surface area (TPSA) is 101 Å². The van der Waals surface area contributed by atoms with Crippen LogP contribution in [-0.4, -0.2) is 69.9 Å². The van der Waals surface area contributed by atoms with Crippen LogP contribution in [-0.2, 0) is 25.6 Å². The Morgan fingerprint density at radius 2 is 1.59 bits per heavy atom. The molecule has 0 aromatic heterocycles. The minimum atomic E-state index is -0.545. The van der Waals surface area contributed by atoms with E-state index in [2.05, 4.69) is 4.74 Å². The quantitative estimate of drug-likeness (QED) is 0.572. The highest BCUT2D eigenvalue weighted by atomic mass is 16.5. The summed E-state index contributed by atoms with van der Waals surface area (Å²) in [5.74, 6) is -0.455. The van der Waals surface area contributed by atoms with Crippen molar-refractivity contribution >= 4 is 17.8 Å². The molecule has 1 saturated heterocycles. The molecule has 2 aromatic carbocycles. The maximum atomic E-state index is 12.4. The van der Waals surface area contributed by atoms with Crippen LogP contribution in [0.2, 0.25) is 0 Å². The first-order valence-electron chi connectivity index (χ1n) is 10.0. The number of rotatable bonds is 8. The summed E-state index contributed by atoms with van der Waals surface area (Å²) in [5.41, 5.74) is 1.41. The Labute approximate surface area is 185 Å². The van der Waals surface area contributed by atoms with Crippen molar-refractivity contribution in [2.24, 2.45) is 0 Å². The van der Waals surface area contributed by atoms with Crippen molar-refractivity contribution in [1.82, 2.24) is 4.90 Å². The van der Waals surface area contributed by atoms with Crippen LogP contribution in [0.3, 0.4) is 0 Å². The van der Waals surface area contributed by atoms with Crippen LogP contribution in [0.1, 0.15) is 26.3 Å². The number of hydrogen-bond donors (Lipinski definition) is 0. The lowest BCUT2D eigenvalue weighted by Crippen LogP contribution is -2.43. The van der Waals surface area contributed by atoms with Gasteiger partial charge in [0.15, 0.2) is 18.1 Å². The summed E-state index contributed by atoms with van der Waals surface area (Å²) in [6.07, 6.45) is 0. The first kappa shape index (κ1) is 23.1. The van der Waals surface area contributed by atoms with Gasteiger partial charge < -0.3 is 28.6 Å². The van der Waals surface area contributed by atoms with Gasteiger partial charge in [0.1, 0.15) is 6.61 Å². The van der Waals surface area contributed by atoms with Gasteiger partial charge in [0, 0.05) is 13.1 Å². The Morgan fingerprint density at radius 3 is 2.25 bits per heavy atom. The van der Waals surface area contributed by atoms with Crippen LogP contribution in [0.4, 0.5) is 0 Å². The largest absolute Gasteiger partial charge is 0.493 e. The maximum absolute atomic E-state index is 12.4. The summed E-state index contributed by atoms with van der Waals surface area (Å²) in [6, 6.07) is 11.2. The third kappa shape index (κ3) is 5.98. The molecule has 1 aliphatic heterocycles. The number of morpholine rings is 1. The number of carbonyl (C=O) groups excluding carboxylic acids is 3. The monoisotopic (exact) mass is 443 g/mol. The third-order valence-corrected chi connectivity index (χ3v) is 4.86. The Morgan fingerprint density at radius 1 is 0.906 bits per heavy atom. The number of nitrogens with zero attached hydrogens (tertiary/aromatic N) is 1. The van der Waals surface area contributed by atoms with Gasteiger partial charge in [0.25, 0.3) is 5.91 Å². The van der Waals surface area contributed by atoms with Crippen LogP contribution < -0.4 is 9.47 Å². The minimum Gasteiger partial charge on any atom is -0.493 e. The first-order chi connectivity index (χ1) is 15.5. The molecule has 2 aromatic rings. The Hall–Kier alpha value is -3.59. The van der Waals surface area contributed by atoms with Gasteiger partial charge in [-0.1, -0.05) is 12.1 Å². The number of esters is 2. The molecule has 1 fully saturated rings. The molecule has 9 heteroatoms. The fourth-order valence-corrected chi connectivity index (χ4v) is 3.04. The van der Waals surface area contributed by atoms with E-state index in [9.17, 15) is 14.4 Å². The van der Waals surface area contributed by atoms with Gasteiger partial charge in [0.05, 0.1) is 38.6 Å². The fourth-order valence-electron chi connectivity index (χ4n) is 3.04. The summed E-state index contributed by atoms with van der Waals surface area (Å²) >= 11 is 0. The molecule has 0 aliphatic carbocycles. The minimum absolute atomic E-state index is 0.0366. The lowest BCUT2D eigenvalue weighted by Gasteiger charge is -2.26. The predicted octanol–water partition coefficient (Wildman–Crippen LogP) is 2.08. The maximum Gasteiger partial charge on any atom is 0.338 e. The highest BCUT2D eigenvalue weighted by molar-refractivity contribution is 5.90. The zero-order valence-electron chi connectivity index (χ0n) is 18.0. The highest BCUT2D eigenvalue weighted by Gasteiger charge is 2.19. The van der Waals surface area contributed by atoms with Gasteiger partial charge in [-0.15, -0.1) is 0 Å². The van der Waals surface area contributed by atoms with Crippen molar-refractivity contribution < 1.29 is 38.1 Å². The second kappa shape index (κ2) is 11.1. The van der Waals surface area contributed by atoms with Crippen molar-refractivity contribution in [3.63, 3.8) is 0 Å². The second-order valence-electron chi connectivity index (χ2n) is 6.91. The molecular weight excluding hydrogens is 418 g/mol. The molecule has 0 saturated carbocycles. The third-order valence-electron chi connectivity index (χ3n) is 4.86. The zero-order chi connectivity index (χ0) is 22.9. The average molecular weight is 443 g/mol. The van der Waals surface area contributed by atoms with Gasteiger partial charge in [0.2, 0.25) is 0 Å². The van der Waals surface area contributed by atoms with Gasteiger partial charge in [-0.05, 0) is 35.9 Å². The van der Waals surface area contributed by atoms with Crippen LogP contribution in [0, 0.1) is 0 Å². The van der Waals surface area contributed by atoms with E-state index in [0.29, 0.717) is 43.4 Å². The normalized spacial score (nSPS) is 13.2. The van der Waals surface area contributed by atoms with Gasteiger partial charge >= 0.3 is 11.9 Å². The summed E-state index contributed by atoms with van der Waals surface area (Å²) in [4.78, 5) is 37.8. The Balaban J connectivity index is 1.56. The molecule has 9 nitrogen and oxygen atoms in total. The number of carbonyl (C=O) groups is 3. The van der Waals surface area contributed by atoms with E-state index >= 15 is 0 Å². The van der Waals surface area contributed by atoms with Crippen LogP contribution >= 0.6 is 0 Å². The average Bonchev–Trinajstić information content (AvgIpc) is 2.86. The Bertz CT molecular complexity index is 951. The van der Waals surface area contributed by atoms with E-state index in [-0.39, 0.29) is 24.7 Å². The van der Waals surface area contributed by atoms with E-state index in [0.717, 1.165) is 5.56 Å². The molecule has 0 atom stereocenters. The molecule has 0 N–H and O–H groups in total. The lowest BCUT2D eigenvalue weighted by molar-refractivity contribution is -0.137. The molecule has 0 unspecified atom stereocenters. The lowest BCUT2D eigenvalue weighted by atomic mass is 10.1. The Kier molecular flexibility index (Phi) is 8.04. The van der Waals surface area contributed by atoms with Gasteiger partial charge in [-0.25, -0.2) is 9.59 Å². The number of hydrogen-bond acceptors (Lipinski definition) is 8. The van der Waals surface area contributed by atoms with Crippen molar-refractivity contribution in [3.8, 4) is 11.5 Å². The summed E-state index contributed by atoms with van der Waals surface area (Å²) in [7, 11) is 2.76. The predicted molar refractivity (Wildman–Crippen MR) is 113 cm³/mol. The van der Waals surface area contributed by atoms with Gasteiger partial charge in [-0.3, -0.25) is 4.79 Å². The summed E-state index contributed by atoms with van der Waals surface area (Å²) in [5, 5.41) is 0. The van der Waals surface area contributed by atoms with E-state index in [1.807, 2.05) is 0 Å². The molecule has 0 spiro atoms. The molecule has 32 heavy (non-hydrogen) atoms. The second-order valence-corrected chi connectivity index (χ2v) is 6.91. The van der Waals surface area contributed by atoms with E-state index < -0.39 is 11.9 Å². The molecular formula is C23H25NO8. The van der Waals surface area contributed by atoms with Crippen molar-refractivity contribution in [1.29, 1.82) is 0 Å². The number of amides is 1. The van der Waals surface area contributed by atoms with E-state index in [4.69, 9.17) is 18.9 Å². The highest BCUT2D eigenvalue weighted by Crippen LogP contribution is 2.28. The van der Waals surface area contributed by atoms with Crippen LogP contribution in [0.25, 0.3) is 0 Å². The molecule has 0 radical (unpaired) electrons. The number of benzene rings is 2. The smallest absolute Gasteiger partial charge is 0.338 e. The standard InChI is InChI=1S/C23H25NO8/c1-28-20-13-18(7-8-19(20)31-15-21(25)24-9-11-30-12-10-24)23(27)32-14-16-3-5-17(6-4-16)22(26)29-2/h3-8,13H,9-12,14-15H2,1-2H3. The first-order valence-corrected chi connectivity index (χ1v) is 10.0. The molecule has 1 amide bonds. The molecule has 1 aliphatic rings. The van der Waals surface area contributed by atoms with Gasteiger partial charge in [-0.2, -0.15) is 0 Å². The summed E-state index contributed by atoms with van der Waals surface area (Å²) in [6.45, 7) is 2.00. The molecule has 170 valence electrons. The molecule has 0 bridgehead atoms.